The van der Waals surface area contributed by atoms with Crippen molar-refractivity contribution in [2.24, 2.45) is 11.6 Å². The van der Waals surface area contributed by atoms with Crippen LogP contribution in [0.15, 0.2) is 12.1 Å². The van der Waals surface area contributed by atoms with Crippen LogP contribution in [0.3, 0.4) is 0 Å². The fourth-order valence-corrected chi connectivity index (χ4v) is 1.21. The van der Waals surface area contributed by atoms with Crippen LogP contribution in [-0.4, -0.2) is 35.6 Å². The molecule has 0 aliphatic carbocycles. The molecule has 6 N–H and O–H groups in total. The number of ether oxygens (including phenoxy) is 1. The average Bonchev–Trinajstić information content (AvgIpc) is 2.37. The smallest absolute Gasteiger partial charge is 0.276 e. The molecular weight excluding hydrogens is 256 g/mol. The summed E-state index contributed by atoms with van der Waals surface area (Å²) < 4.78 is 4.91. The Morgan fingerprint density at radius 1 is 1.47 bits per heavy atom. The Bertz CT molecular complexity index is 466. The molecule has 104 valence electrons. The van der Waals surface area contributed by atoms with E-state index >= 15 is 0 Å². The molecule has 10 heteroatoms. The number of nitrogen functional groups attached to an aromatic ring is 1. The van der Waals surface area contributed by atoms with Gasteiger partial charge < -0.3 is 21.2 Å². The molecule has 0 aromatic carbocycles. The molecule has 0 saturated heterocycles. The van der Waals surface area contributed by atoms with Gasteiger partial charge in [0.15, 0.2) is 0 Å². The van der Waals surface area contributed by atoms with Crippen LogP contribution in [0.25, 0.3) is 0 Å². The lowest BCUT2D eigenvalue weighted by atomic mass is 10.3. The van der Waals surface area contributed by atoms with Gasteiger partial charge in [-0.3, -0.25) is 14.9 Å². The monoisotopic (exact) mass is 270 g/mol. The Kier molecular flexibility index (Phi) is 5.44. The average molecular weight is 270 g/mol. The summed E-state index contributed by atoms with van der Waals surface area (Å²) in [5.74, 6) is 5.02. The molecule has 1 aromatic heterocycles. The minimum atomic E-state index is -0.567. The number of nitro groups is 1. The number of nitrogens with one attached hydrogen (secondary N) is 2. The van der Waals surface area contributed by atoms with Crippen molar-refractivity contribution in [2.75, 3.05) is 30.5 Å². The molecule has 0 radical (unpaired) electrons. The zero-order valence-corrected chi connectivity index (χ0v) is 9.96. The van der Waals surface area contributed by atoms with Gasteiger partial charge in [-0.2, -0.15) is 0 Å². The Morgan fingerprint density at radius 3 is 2.74 bits per heavy atom. The van der Waals surface area contributed by atoms with Crippen molar-refractivity contribution in [2.45, 2.75) is 0 Å². The summed E-state index contributed by atoms with van der Waals surface area (Å²) in [5, 5.41) is 13.5. The molecule has 0 atom stereocenters. The summed E-state index contributed by atoms with van der Waals surface area (Å²) in [6.07, 6.45) is 0. The third-order valence-corrected chi connectivity index (χ3v) is 1.97. The van der Waals surface area contributed by atoms with Gasteiger partial charge in [0.2, 0.25) is 5.91 Å². The highest BCUT2D eigenvalue weighted by Gasteiger charge is 2.10. The Balaban J connectivity index is 2.55. The van der Waals surface area contributed by atoms with E-state index in [1.54, 1.807) is 0 Å². The summed E-state index contributed by atoms with van der Waals surface area (Å²) in [4.78, 5) is 24.5. The Labute approximate surface area is 108 Å². The van der Waals surface area contributed by atoms with E-state index in [0.717, 1.165) is 0 Å². The first-order valence-corrected chi connectivity index (χ1v) is 5.26. The van der Waals surface area contributed by atoms with Gasteiger partial charge in [-0.1, -0.05) is 0 Å². The summed E-state index contributed by atoms with van der Waals surface area (Å²) >= 11 is 0. The van der Waals surface area contributed by atoms with Gasteiger partial charge in [-0.05, 0) is 0 Å². The standard InChI is InChI=1S/C9H14N6O4/c10-7(16)5-19-2-1-12-8-3-6(15(17)18)4-9(13-8)14-11/h3-4H,1-2,5,11H2,(H2,10,16)(H2,12,13,14). The number of hydrogen-bond acceptors (Lipinski definition) is 8. The maximum Gasteiger partial charge on any atom is 0.276 e. The topological polar surface area (TPSA) is 158 Å². The van der Waals surface area contributed by atoms with E-state index in [2.05, 4.69) is 15.7 Å². The van der Waals surface area contributed by atoms with Gasteiger partial charge in [0, 0.05) is 6.54 Å². The molecule has 0 aliphatic heterocycles. The molecule has 10 nitrogen and oxygen atoms in total. The fourth-order valence-electron chi connectivity index (χ4n) is 1.21. The third-order valence-electron chi connectivity index (χ3n) is 1.97. The number of anilines is 2. The van der Waals surface area contributed by atoms with Crippen LogP contribution in [-0.2, 0) is 9.53 Å². The van der Waals surface area contributed by atoms with Crippen molar-refractivity contribution < 1.29 is 14.5 Å². The first-order chi connectivity index (χ1) is 9.02. The van der Waals surface area contributed by atoms with E-state index in [-0.39, 0.29) is 30.5 Å². The molecule has 0 unspecified atom stereocenters. The van der Waals surface area contributed by atoms with Gasteiger partial charge in [0.05, 0.1) is 23.7 Å². The number of pyridine rings is 1. The van der Waals surface area contributed by atoms with Crippen molar-refractivity contribution >= 4 is 23.2 Å². The van der Waals surface area contributed by atoms with E-state index in [1.807, 2.05) is 0 Å². The maximum atomic E-state index is 10.7. The zero-order valence-electron chi connectivity index (χ0n) is 9.96. The van der Waals surface area contributed by atoms with Crippen molar-refractivity contribution in [1.29, 1.82) is 0 Å². The predicted octanol–water partition coefficient (Wildman–Crippen LogP) is -0.811. The van der Waals surface area contributed by atoms with Crippen molar-refractivity contribution in [3.05, 3.63) is 22.2 Å². The number of hydrogen-bond donors (Lipinski definition) is 4. The number of primary amides is 1. The van der Waals surface area contributed by atoms with Crippen LogP contribution in [0.5, 0.6) is 0 Å². The second kappa shape index (κ2) is 7.08. The number of rotatable bonds is 8. The minimum Gasteiger partial charge on any atom is -0.370 e. The van der Waals surface area contributed by atoms with Gasteiger partial charge in [0.1, 0.15) is 18.2 Å². The van der Waals surface area contributed by atoms with Crippen molar-refractivity contribution in [1.82, 2.24) is 4.98 Å². The number of nitrogens with zero attached hydrogens (tertiary/aromatic N) is 2. The lowest BCUT2D eigenvalue weighted by molar-refractivity contribution is -0.384. The van der Waals surface area contributed by atoms with Gasteiger partial charge in [-0.15, -0.1) is 0 Å². The van der Waals surface area contributed by atoms with Gasteiger partial charge in [-0.25, -0.2) is 10.8 Å². The number of carbonyl (C=O) groups excluding carboxylic acids is 1. The predicted molar refractivity (Wildman–Crippen MR) is 67.2 cm³/mol. The summed E-state index contributed by atoms with van der Waals surface area (Å²) in [5.41, 5.74) is 6.96. The lowest BCUT2D eigenvalue weighted by Gasteiger charge is -2.07. The van der Waals surface area contributed by atoms with Crippen molar-refractivity contribution in [3.8, 4) is 0 Å². The molecule has 0 spiro atoms. The zero-order chi connectivity index (χ0) is 14.3. The second-order valence-electron chi connectivity index (χ2n) is 3.44. The summed E-state index contributed by atoms with van der Waals surface area (Å²) in [7, 11) is 0. The van der Waals surface area contributed by atoms with Gasteiger partial charge >= 0.3 is 0 Å². The molecule has 0 aliphatic rings. The second-order valence-corrected chi connectivity index (χ2v) is 3.44. The molecular formula is C9H14N6O4. The number of amides is 1. The summed E-state index contributed by atoms with van der Waals surface area (Å²) in [6.45, 7) is 0.337. The highest BCUT2D eigenvalue weighted by molar-refractivity contribution is 5.74. The van der Waals surface area contributed by atoms with E-state index in [9.17, 15) is 14.9 Å². The number of aromatic nitrogens is 1. The minimum absolute atomic E-state index is 0.150. The Hall–Kier alpha value is -2.46. The van der Waals surface area contributed by atoms with E-state index in [4.69, 9.17) is 16.3 Å². The Morgan fingerprint density at radius 2 is 2.16 bits per heavy atom. The first-order valence-electron chi connectivity index (χ1n) is 5.26. The largest absolute Gasteiger partial charge is 0.370 e. The summed E-state index contributed by atoms with van der Waals surface area (Å²) in [6, 6.07) is 2.46. The van der Waals surface area contributed by atoms with Crippen LogP contribution >= 0.6 is 0 Å². The van der Waals surface area contributed by atoms with E-state index < -0.39 is 10.8 Å². The molecule has 19 heavy (non-hydrogen) atoms. The maximum absolute atomic E-state index is 10.7. The fraction of sp³-hybridized carbons (Fsp3) is 0.333. The molecule has 0 fully saturated rings. The lowest BCUT2D eigenvalue weighted by Crippen LogP contribution is -2.21. The van der Waals surface area contributed by atoms with Crippen LogP contribution in [0, 0.1) is 10.1 Å². The highest BCUT2D eigenvalue weighted by Crippen LogP contribution is 2.19. The number of nitrogens with two attached hydrogens (primary N) is 2. The van der Waals surface area contributed by atoms with E-state index in [0.29, 0.717) is 6.54 Å². The number of carbonyl (C=O) groups is 1. The quantitative estimate of drug-likeness (QED) is 0.206. The van der Waals surface area contributed by atoms with Crippen LogP contribution < -0.4 is 22.3 Å². The molecule has 0 bridgehead atoms. The van der Waals surface area contributed by atoms with Crippen LogP contribution in [0.1, 0.15) is 0 Å². The molecule has 1 rings (SSSR count). The normalized spacial score (nSPS) is 9.95. The molecule has 1 heterocycles. The van der Waals surface area contributed by atoms with Crippen LogP contribution in [0.2, 0.25) is 0 Å². The first kappa shape index (κ1) is 14.6. The number of hydrazine groups is 1. The third kappa shape index (κ3) is 5.14. The molecule has 0 saturated carbocycles. The van der Waals surface area contributed by atoms with Gasteiger partial charge in [0.25, 0.3) is 5.69 Å². The van der Waals surface area contributed by atoms with Crippen LogP contribution in [0.4, 0.5) is 17.3 Å². The SMILES string of the molecule is NNc1cc([N+](=O)[O-])cc(NCCOCC(N)=O)n1. The van der Waals surface area contributed by atoms with E-state index in [1.165, 1.54) is 12.1 Å². The van der Waals surface area contributed by atoms with Crippen molar-refractivity contribution in [3.63, 3.8) is 0 Å². The molecule has 1 amide bonds. The highest BCUT2D eigenvalue weighted by atomic mass is 16.6. The molecule has 1 aromatic rings.